The van der Waals surface area contributed by atoms with Gasteiger partial charge in [-0.15, -0.1) is 0 Å². The monoisotopic (exact) mass is 525 g/mol. The van der Waals surface area contributed by atoms with Crippen LogP contribution in [0.2, 0.25) is 0 Å². The first kappa shape index (κ1) is 27.0. The minimum Gasteiger partial charge on any atom is -0.319 e. The van der Waals surface area contributed by atoms with Crippen LogP contribution in [0.3, 0.4) is 0 Å². The highest BCUT2D eigenvalue weighted by Gasteiger charge is 2.32. The molecule has 1 fully saturated rings. The third-order valence-electron chi connectivity index (χ3n) is 7.87. The highest BCUT2D eigenvalue weighted by molar-refractivity contribution is 6.17. The van der Waals surface area contributed by atoms with Crippen molar-refractivity contribution >= 4 is 29.0 Å². The van der Waals surface area contributed by atoms with E-state index in [1.807, 2.05) is 18.2 Å². The fourth-order valence-corrected chi connectivity index (χ4v) is 5.77. The lowest BCUT2D eigenvalue weighted by Gasteiger charge is -2.34. The van der Waals surface area contributed by atoms with Crippen LogP contribution in [-0.2, 0) is 11.2 Å². The summed E-state index contributed by atoms with van der Waals surface area (Å²) in [6.07, 6.45) is 8.71. The average Bonchev–Trinajstić information content (AvgIpc) is 3.09. The zero-order chi connectivity index (χ0) is 27.0. The number of piperidine rings is 1. The van der Waals surface area contributed by atoms with E-state index in [0.29, 0.717) is 35.2 Å². The van der Waals surface area contributed by atoms with E-state index >= 15 is 0 Å². The summed E-state index contributed by atoms with van der Waals surface area (Å²) in [7, 11) is 2.22. The van der Waals surface area contributed by atoms with Crippen LogP contribution in [0.1, 0.15) is 48.0 Å². The number of aromatic nitrogens is 1. The largest absolute Gasteiger partial charge is 0.319 e. The Kier molecular flexibility index (Phi) is 9.01. The molecule has 3 aromatic rings. The molecule has 3 heterocycles. The zero-order valence-corrected chi connectivity index (χ0v) is 22.9. The van der Waals surface area contributed by atoms with Gasteiger partial charge in [-0.1, -0.05) is 48.9 Å². The number of likely N-dealkylation sites (N-methyl/N-ethyl adjacent to an activating group) is 1. The number of hydrogen-bond acceptors (Lipinski definition) is 5. The highest BCUT2D eigenvalue weighted by Crippen LogP contribution is 2.36. The fraction of sp³-hybridized carbons (Fsp3) is 0.406. The van der Waals surface area contributed by atoms with Crippen LogP contribution >= 0.6 is 0 Å². The lowest BCUT2D eigenvalue weighted by atomic mass is 9.92. The number of amides is 2. The Morgan fingerprint density at radius 1 is 1.03 bits per heavy atom. The Labute approximate surface area is 231 Å². The van der Waals surface area contributed by atoms with E-state index in [1.165, 1.54) is 31.2 Å². The minimum absolute atomic E-state index is 0.0559. The summed E-state index contributed by atoms with van der Waals surface area (Å²) in [5.74, 6) is 0.815. The van der Waals surface area contributed by atoms with Crippen molar-refractivity contribution < 1.29 is 9.59 Å². The van der Waals surface area contributed by atoms with E-state index < -0.39 is 0 Å². The molecule has 1 saturated heterocycles. The molecule has 0 bridgehead atoms. The maximum absolute atomic E-state index is 13.8. The fourth-order valence-electron chi connectivity index (χ4n) is 5.77. The molecule has 7 nitrogen and oxygen atoms in total. The van der Waals surface area contributed by atoms with Crippen LogP contribution in [0.25, 0.3) is 0 Å². The number of benzene rings is 2. The molecule has 0 spiro atoms. The molecule has 0 radical (unpaired) electrons. The average molecular weight is 526 g/mol. The van der Waals surface area contributed by atoms with Gasteiger partial charge in [-0.25, -0.2) is 4.98 Å². The van der Waals surface area contributed by atoms with Crippen LogP contribution < -0.4 is 10.2 Å². The van der Waals surface area contributed by atoms with E-state index in [2.05, 4.69) is 57.5 Å². The Morgan fingerprint density at radius 2 is 1.85 bits per heavy atom. The third kappa shape index (κ3) is 6.91. The molecule has 1 aromatic heterocycles. The predicted molar refractivity (Wildman–Crippen MR) is 156 cm³/mol. The summed E-state index contributed by atoms with van der Waals surface area (Å²) >= 11 is 0. The van der Waals surface area contributed by atoms with Crippen molar-refractivity contribution in [2.24, 2.45) is 5.92 Å². The summed E-state index contributed by atoms with van der Waals surface area (Å²) in [6, 6.07) is 21.5. The zero-order valence-electron chi connectivity index (χ0n) is 22.9. The van der Waals surface area contributed by atoms with Gasteiger partial charge in [0.05, 0.1) is 23.5 Å². The molecule has 5 rings (SSSR count). The van der Waals surface area contributed by atoms with E-state index in [9.17, 15) is 9.59 Å². The minimum atomic E-state index is -0.223. The highest BCUT2D eigenvalue weighted by atomic mass is 16.2. The number of carbonyl (C=O) groups is 2. The van der Waals surface area contributed by atoms with Crippen molar-refractivity contribution in [1.82, 2.24) is 14.8 Å². The van der Waals surface area contributed by atoms with Crippen molar-refractivity contribution in [3.63, 3.8) is 0 Å². The van der Waals surface area contributed by atoms with Crippen molar-refractivity contribution in [1.29, 1.82) is 0 Å². The van der Waals surface area contributed by atoms with Gasteiger partial charge < -0.3 is 10.2 Å². The van der Waals surface area contributed by atoms with Crippen molar-refractivity contribution in [2.45, 2.75) is 38.5 Å². The normalized spacial score (nSPS) is 17.3. The van der Waals surface area contributed by atoms with Gasteiger partial charge in [-0.05, 0) is 88.0 Å². The smallest absolute Gasteiger partial charge is 0.257 e. The number of fused-ring (bicyclic) bond motifs is 2. The van der Waals surface area contributed by atoms with Crippen LogP contribution in [-0.4, -0.2) is 66.4 Å². The molecular formula is C32H39N5O2. The number of anilines is 3. The summed E-state index contributed by atoms with van der Waals surface area (Å²) in [5.41, 5.74) is 3.01. The molecule has 0 aliphatic carbocycles. The first-order valence-electron chi connectivity index (χ1n) is 14.2. The predicted octanol–water partition coefficient (Wildman–Crippen LogP) is 5.37. The number of para-hydroxylation sites is 1. The Bertz CT molecular complexity index is 1260. The maximum Gasteiger partial charge on any atom is 0.257 e. The number of unbranched alkanes of at least 4 members (excludes halogenated alkanes) is 1. The van der Waals surface area contributed by atoms with Crippen LogP contribution in [0, 0.1) is 5.92 Å². The molecule has 2 aliphatic rings. The molecule has 2 aliphatic heterocycles. The summed E-state index contributed by atoms with van der Waals surface area (Å²) < 4.78 is 0. The molecule has 39 heavy (non-hydrogen) atoms. The molecule has 204 valence electrons. The van der Waals surface area contributed by atoms with Gasteiger partial charge in [0.15, 0.2) is 5.82 Å². The third-order valence-corrected chi connectivity index (χ3v) is 7.87. The summed E-state index contributed by atoms with van der Waals surface area (Å²) in [5, 5.41) is 2.91. The molecule has 1 atom stereocenters. The second-order valence-corrected chi connectivity index (χ2v) is 10.9. The maximum atomic E-state index is 13.8. The lowest BCUT2D eigenvalue weighted by Crippen LogP contribution is -2.43. The first-order valence-corrected chi connectivity index (χ1v) is 14.2. The first-order chi connectivity index (χ1) is 19.1. The van der Waals surface area contributed by atoms with Gasteiger partial charge in [0.2, 0.25) is 5.91 Å². The standard InChI is InChI=1S/C32H39N5O2/c1-35(22-18-25-11-3-2-4-12-25)20-8-7-13-26-14-10-21-36(23-26)24-30(38)37-29-17-6-5-15-27(29)32(39)34-28-16-9-19-33-31(28)37/h2-6,9,11-12,15-17,19,26H,7-8,10,13-14,18,20-24H2,1H3,(H,34,39). The van der Waals surface area contributed by atoms with E-state index in [1.54, 1.807) is 29.3 Å². The Hall–Kier alpha value is -3.55. The number of carbonyl (C=O) groups excluding carboxylic acids is 2. The van der Waals surface area contributed by atoms with Gasteiger partial charge in [0, 0.05) is 19.3 Å². The van der Waals surface area contributed by atoms with E-state index in [0.717, 1.165) is 39.0 Å². The lowest BCUT2D eigenvalue weighted by molar-refractivity contribution is -0.119. The Balaban J connectivity index is 1.13. The van der Waals surface area contributed by atoms with E-state index in [-0.39, 0.29) is 11.8 Å². The number of nitrogens with one attached hydrogen (secondary N) is 1. The number of nitrogens with zero attached hydrogens (tertiary/aromatic N) is 4. The van der Waals surface area contributed by atoms with Gasteiger partial charge in [0.25, 0.3) is 5.91 Å². The van der Waals surface area contributed by atoms with Gasteiger partial charge in [-0.2, -0.15) is 0 Å². The SMILES string of the molecule is CN(CCCCC1CCCN(CC(=O)N2c3ccccc3C(=O)Nc3cccnc32)C1)CCc1ccccc1. The van der Waals surface area contributed by atoms with E-state index in [4.69, 9.17) is 0 Å². The molecule has 7 heteroatoms. The van der Waals surface area contributed by atoms with Crippen LogP contribution in [0.4, 0.5) is 17.2 Å². The van der Waals surface area contributed by atoms with Gasteiger partial charge >= 0.3 is 0 Å². The van der Waals surface area contributed by atoms with Crippen LogP contribution in [0.5, 0.6) is 0 Å². The second-order valence-electron chi connectivity index (χ2n) is 10.9. The Morgan fingerprint density at radius 3 is 2.72 bits per heavy atom. The number of rotatable bonds is 10. The summed E-state index contributed by atoms with van der Waals surface area (Å²) in [6.45, 7) is 4.39. The molecule has 0 saturated carbocycles. The molecule has 1 unspecified atom stereocenters. The number of likely N-dealkylation sites (tertiary alicyclic amines) is 1. The number of pyridine rings is 1. The van der Waals surface area contributed by atoms with Gasteiger partial charge in [-0.3, -0.25) is 19.4 Å². The molecule has 1 N–H and O–H groups in total. The molecular weight excluding hydrogens is 486 g/mol. The van der Waals surface area contributed by atoms with Crippen molar-refractivity contribution in [2.75, 3.05) is 50.0 Å². The quantitative estimate of drug-likeness (QED) is 0.361. The molecule has 2 amide bonds. The van der Waals surface area contributed by atoms with Crippen LogP contribution in [0.15, 0.2) is 72.9 Å². The van der Waals surface area contributed by atoms with Crippen molar-refractivity contribution in [3.8, 4) is 0 Å². The topological polar surface area (TPSA) is 68.8 Å². The van der Waals surface area contributed by atoms with Gasteiger partial charge in [0.1, 0.15) is 0 Å². The molecule has 2 aromatic carbocycles. The van der Waals surface area contributed by atoms with Crippen molar-refractivity contribution in [3.05, 3.63) is 84.1 Å². The summed E-state index contributed by atoms with van der Waals surface area (Å²) in [4.78, 5) is 37.4. The number of hydrogen-bond donors (Lipinski definition) is 1. The second kappa shape index (κ2) is 13.0.